The Balaban J connectivity index is 0.000000564. The Bertz CT molecular complexity index is 482. The van der Waals surface area contributed by atoms with E-state index < -0.39 is 21.3 Å². The molecule has 0 saturated heterocycles. The number of hydrogen-bond acceptors (Lipinski definition) is 5. The average molecular weight is 453 g/mol. The van der Waals surface area contributed by atoms with Gasteiger partial charge in [0.2, 0.25) is 0 Å². The Labute approximate surface area is 186 Å². The lowest BCUT2D eigenvalue weighted by Gasteiger charge is -2.34. The van der Waals surface area contributed by atoms with Crippen molar-refractivity contribution in [1.29, 1.82) is 0 Å². The molecule has 6 nitrogen and oxygen atoms in total. The first kappa shape index (κ1) is 29.8. The van der Waals surface area contributed by atoms with Crippen LogP contribution in [0, 0.1) is 5.92 Å². The summed E-state index contributed by atoms with van der Waals surface area (Å²) in [6.45, 7) is 9.15. The molecule has 1 N–H and O–H groups in total. The molecule has 1 fully saturated rings. The summed E-state index contributed by atoms with van der Waals surface area (Å²) >= 11 is 0. The number of ether oxygens (including phenoxy) is 3. The van der Waals surface area contributed by atoms with Crippen LogP contribution in [0.2, 0.25) is 0 Å². The lowest BCUT2D eigenvalue weighted by molar-refractivity contribution is -0.232. The molecule has 1 rings (SSSR count). The fourth-order valence-electron chi connectivity index (χ4n) is 4.08. The maximum atomic E-state index is 11.4. The molecule has 0 amide bonds. The summed E-state index contributed by atoms with van der Waals surface area (Å²) < 4.78 is 47.3. The SMILES string of the molecule is CCCCCCCCC1CCCCC1.CCOC(C)C(OCC)(OCC)S(=O)(=O)O. The molecule has 1 saturated carbocycles. The van der Waals surface area contributed by atoms with Crippen molar-refractivity contribution in [3.63, 3.8) is 0 Å². The maximum absolute atomic E-state index is 11.4. The Morgan fingerprint density at radius 1 is 0.867 bits per heavy atom. The maximum Gasteiger partial charge on any atom is 0.326 e. The van der Waals surface area contributed by atoms with Crippen molar-refractivity contribution in [1.82, 2.24) is 0 Å². The van der Waals surface area contributed by atoms with Crippen molar-refractivity contribution in [2.75, 3.05) is 19.8 Å². The van der Waals surface area contributed by atoms with E-state index in [0.29, 0.717) is 6.61 Å². The summed E-state index contributed by atoms with van der Waals surface area (Å²) in [7, 11) is -4.54. The van der Waals surface area contributed by atoms with Gasteiger partial charge in [0.1, 0.15) is 6.10 Å². The van der Waals surface area contributed by atoms with Crippen LogP contribution in [-0.2, 0) is 24.3 Å². The van der Waals surface area contributed by atoms with E-state index in [4.69, 9.17) is 14.2 Å². The monoisotopic (exact) mass is 452 g/mol. The number of hydrogen-bond donors (Lipinski definition) is 1. The highest BCUT2D eigenvalue weighted by atomic mass is 32.2. The molecule has 0 aromatic rings. The van der Waals surface area contributed by atoms with Crippen LogP contribution in [0.1, 0.15) is 112 Å². The molecule has 7 heteroatoms. The van der Waals surface area contributed by atoms with Crippen LogP contribution in [0.15, 0.2) is 0 Å². The molecule has 0 heterocycles. The summed E-state index contributed by atoms with van der Waals surface area (Å²) in [4.78, 5) is 0. The first-order chi connectivity index (χ1) is 14.3. The van der Waals surface area contributed by atoms with E-state index in [9.17, 15) is 13.0 Å². The van der Waals surface area contributed by atoms with Crippen molar-refractivity contribution in [2.24, 2.45) is 5.92 Å². The predicted molar refractivity (Wildman–Crippen MR) is 123 cm³/mol. The average Bonchev–Trinajstić information content (AvgIpc) is 2.71. The molecule has 0 bridgehead atoms. The van der Waals surface area contributed by atoms with E-state index in [1.54, 1.807) is 20.8 Å². The Morgan fingerprint density at radius 2 is 1.40 bits per heavy atom. The van der Waals surface area contributed by atoms with Crippen LogP contribution in [0.5, 0.6) is 0 Å². The molecule has 0 aromatic heterocycles. The molecular weight excluding hydrogens is 404 g/mol. The highest BCUT2D eigenvalue weighted by Crippen LogP contribution is 2.28. The third-order valence-electron chi connectivity index (χ3n) is 5.66. The van der Waals surface area contributed by atoms with Gasteiger partial charge in [0.05, 0.1) is 0 Å². The fraction of sp³-hybridized carbons (Fsp3) is 1.00. The van der Waals surface area contributed by atoms with Gasteiger partial charge in [0.15, 0.2) is 0 Å². The second-order valence-corrected chi connectivity index (χ2v) is 9.62. The molecular formula is C23H48O6S. The van der Waals surface area contributed by atoms with Crippen LogP contribution in [-0.4, -0.2) is 44.0 Å². The summed E-state index contributed by atoms with van der Waals surface area (Å²) in [6, 6.07) is 0. The van der Waals surface area contributed by atoms with Crippen LogP contribution in [0.4, 0.5) is 0 Å². The Morgan fingerprint density at radius 3 is 1.87 bits per heavy atom. The normalized spacial score (nSPS) is 16.7. The molecule has 0 radical (unpaired) electrons. The molecule has 1 aliphatic carbocycles. The fourth-order valence-corrected chi connectivity index (χ4v) is 5.10. The zero-order chi connectivity index (χ0) is 22.9. The van der Waals surface area contributed by atoms with Crippen LogP contribution < -0.4 is 0 Å². The molecule has 0 spiro atoms. The van der Waals surface area contributed by atoms with Crippen molar-refractivity contribution >= 4 is 10.1 Å². The lowest BCUT2D eigenvalue weighted by atomic mass is 9.85. The Hall–Kier alpha value is -0.210. The lowest BCUT2D eigenvalue weighted by Crippen LogP contribution is -2.53. The summed E-state index contributed by atoms with van der Waals surface area (Å²) in [5, 5.41) is -2.15. The van der Waals surface area contributed by atoms with Crippen molar-refractivity contribution in [3.05, 3.63) is 0 Å². The third-order valence-corrected chi connectivity index (χ3v) is 6.94. The van der Waals surface area contributed by atoms with Gasteiger partial charge >= 0.3 is 15.2 Å². The van der Waals surface area contributed by atoms with Crippen molar-refractivity contribution < 1.29 is 27.2 Å². The van der Waals surface area contributed by atoms with Gasteiger partial charge in [0.25, 0.3) is 0 Å². The van der Waals surface area contributed by atoms with E-state index in [1.807, 2.05) is 0 Å². The summed E-state index contributed by atoms with van der Waals surface area (Å²) in [5.41, 5.74) is 0. The minimum Gasteiger partial charge on any atom is -0.372 e. The minimum atomic E-state index is -4.54. The molecule has 0 aliphatic heterocycles. The van der Waals surface area contributed by atoms with E-state index in [-0.39, 0.29) is 13.2 Å². The molecule has 30 heavy (non-hydrogen) atoms. The zero-order valence-electron chi connectivity index (χ0n) is 20.2. The summed E-state index contributed by atoms with van der Waals surface area (Å²) in [5.74, 6) is 1.11. The molecule has 1 unspecified atom stereocenters. The second-order valence-electron chi connectivity index (χ2n) is 8.10. The van der Waals surface area contributed by atoms with Gasteiger partial charge in [-0.3, -0.25) is 4.55 Å². The van der Waals surface area contributed by atoms with Gasteiger partial charge in [-0.05, 0) is 33.6 Å². The van der Waals surface area contributed by atoms with E-state index >= 15 is 0 Å². The Kier molecular flexibility index (Phi) is 17.2. The van der Waals surface area contributed by atoms with Gasteiger partial charge in [-0.25, -0.2) is 0 Å². The quantitative estimate of drug-likeness (QED) is 0.177. The van der Waals surface area contributed by atoms with Crippen LogP contribution >= 0.6 is 0 Å². The first-order valence-corrected chi connectivity index (χ1v) is 13.6. The third kappa shape index (κ3) is 11.4. The molecule has 182 valence electrons. The first-order valence-electron chi connectivity index (χ1n) is 12.1. The van der Waals surface area contributed by atoms with E-state index in [0.717, 1.165) is 5.92 Å². The van der Waals surface area contributed by atoms with Crippen LogP contribution in [0.3, 0.4) is 0 Å². The second kappa shape index (κ2) is 17.4. The van der Waals surface area contributed by atoms with Gasteiger partial charge in [-0.2, -0.15) is 8.42 Å². The topological polar surface area (TPSA) is 82.1 Å². The highest BCUT2D eigenvalue weighted by molar-refractivity contribution is 7.87. The van der Waals surface area contributed by atoms with Gasteiger partial charge < -0.3 is 14.2 Å². The molecule has 1 atom stereocenters. The molecule has 0 aromatic carbocycles. The number of rotatable bonds is 15. The van der Waals surface area contributed by atoms with E-state index in [2.05, 4.69) is 6.92 Å². The van der Waals surface area contributed by atoms with Gasteiger partial charge in [0, 0.05) is 19.8 Å². The van der Waals surface area contributed by atoms with Gasteiger partial charge in [-0.15, -0.1) is 0 Å². The smallest absolute Gasteiger partial charge is 0.326 e. The highest BCUT2D eigenvalue weighted by Gasteiger charge is 2.51. The summed E-state index contributed by atoms with van der Waals surface area (Å²) in [6.07, 6.45) is 17.0. The minimum absolute atomic E-state index is 0.0806. The number of unbranched alkanes of at least 4 members (excludes halogenated alkanes) is 5. The van der Waals surface area contributed by atoms with Crippen LogP contribution in [0.25, 0.3) is 0 Å². The van der Waals surface area contributed by atoms with Crippen molar-refractivity contribution in [2.45, 2.75) is 123 Å². The van der Waals surface area contributed by atoms with Crippen molar-refractivity contribution in [3.8, 4) is 0 Å². The predicted octanol–water partition coefficient (Wildman–Crippen LogP) is 6.34. The zero-order valence-corrected chi connectivity index (χ0v) is 21.0. The van der Waals surface area contributed by atoms with Gasteiger partial charge in [-0.1, -0.05) is 84.0 Å². The largest absolute Gasteiger partial charge is 0.372 e. The van der Waals surface area contributed by atoms with E-state index in [1.165, 1.54) is 84.0 Å². The molecule has 1 aliphatic rings. The standard InChI is InChI=1S/C14H28.C9H20O6S/c1-2-3-4-5-6-8-11-14-12-9-7-10-13-14;1-5-13-8(4)9(14-6-2,15-7-3)16(10,11)12/h14H,2-13H2,1H3;8H,5-7H2,1-4H3,(H,10,11,12).